The van der Waals surface area contributed by atoms with Crippen LogP contribution >= 0.6 is 0 Å². The quantitative estimate of drug-likeness (QED) is 0.747. The zero-order valence-corrected chi connectivity index (χ0v) is 12.3. The molecule has 2 N–H and O–H groups in total. The summed E-state index contributed by atoms with van der Waals surface area (Å²) in [6, 6.07) is 7.42. The van der Waals surface area contributed by atoms with Gasteiger partial charge in [-0.05, 0) is 44.0 Å². The fraction of sp³-hybridized carbons (Fsp3) is 0.533. The van der Waals surface area contributed by atoms with Crippen LogP contribution in [-0.2, 0) is 4.79 Å². The van der Waals surface area contributed by atoms with Gasteiger partial charge < -0.3 is 10.6 Å². The Morgan fingerprint density at radius 3 is 2.62 bits per heavy atom. The maximum atomic E-state index is 12.0. The standard InChI is InChI=1S/C15H21F3N2O/c1-11(19-9-4-3-8-15(16,17)18)13-6-5-7-14(10-13)20-12(2)21/h5-7,10-11,19H,3-4,8-9H2,1-2H3,(H,20,21). The van der Waals surface area contributed by atoms with Crippen molar-refractivity contribution in [2.45, 2.75) is 45.3 Å². The van der Waals surface area contributed by atoms with E-state index >= 15 is 0 Å². The van der Waals surface area contributed by atoms with Gasteiger partial charge in [-0.25, -0.2) is 0 Å². The van der Waals surface area contributed by atoms with Crippen LogP contribution in [0.5, 0.6) is 0 Å². The molecule has 21 heavy (non-hydrogen) atoms. The predicted octanol–water partition coefficient (Wildman–Crippen LogP) is 4.03. The molecule has 0 saturated carbocycles. The van der Waals surface area contributed by atoms with Crippen LogP contribution in [0.3, 0.4) is 0 Å². The minimum atomic E-state index is -4.07. The van der Waals surface area contributed by atoms with Gasteiger partial charge in [-0.3, -0.25) is 4.79 Å². The van der Waals surface area contributed by atoms with Gasteiger partial charge in [0.05, 0.1) is 0 Å². The van der Waals surface area contributed by atoms with E-state index < -0.39 is 12.6 Å². The average molecular weight is 302 g/mol. The van der Waals surface area contributed by atoms with Crippen molar-refractivity contribution in [1.82, 2.24) is 5.32 Å². The molecule has 0 saturated heterocycles. The number of alkyl halides is 3. The summed E-state index contributed by atoms with van der Waals surface area (Å²) in [5, 5.41) is 5.89. The Hall–Kier alpha value is -1.56. The van der Waals surface area contributed by atoms with Crippen molar-refractivity contribution >= 4 is 11.6 Å². The Bertz CT molecular complexity index is 460. The molecular weight excluding hydrogens is 281 g/mol. The molecular formula is C15H21F3N2O. The lowest BCUT2D eigenvalue weighted by molar-refractivity contribution is -0.135. The minimum Gasteiger partial charge on any atom is -0.326 e. The van der Waals surface area contributed by atoms with Crippen molar-refractivity contribution < 1.29 is 18.0 Å². The Kier molecular flexibility index (Phi) is 6.68. The van der Waals surface area contributed by atoms with Crippen LogP contribution in [0.2, 0.25) is 0 Å². The van der Waals surface area contributed by atoms with E-state index in [1.54, 1.807) is 6.07 Å². The number of nitrogens with one attached hydrogen (secondary N) is 2. The summed E-state index contributed by atoms with van der Waals surface area (Å²) in [4.78, 5) is 11.0. The van der Waals surface area contributed by atoms with E-state index in [1.807, 2.05) is 25.1 Å². The van der Waals surface area contributed by atoms with E-state index in [1.165, 1.54) is 6.92 Å². The van der Waals surface area contributed by atoms with E-state index in [4.69, 9.17) is 0 Å². The molecule has 1 amide bonds. The highest BCUT2D eigenvalue weighted by atomic mass is 19.4. The molecule has 3 nitrogen and oxygen atoms in total. The second-order valence-corrected chi connectivity index (χ2v) is 5.05. The van der Waals surface area contributed by atoms with E-state index in [0.29, 0.717) is 18.7 Å². The molecule has 0 heterocycles. The largest absolute Gasteiger partial charge is 0.389 e. The van der Waals surface area contributed by atoms with Gasteiger partial charge in [-0.15, -0.1) is 0 Å². The molecule has 1 rings (SSSR count). The van der Waals surface area contributed by atoms with Crippen molar-refractivity contribution in [3.05, 3.63) is 29.8 Å². The summed E-state index contributed by atoms with van der Waals surface area (Å²) in [6.45, 7) is 3.91. The molecule has 0 aliphatic carbocycles. The normalized spacial score (nSPS) is 13.0. The summed E-state index contributed by atoms with van der Waals surface area (Å²) in [5.74, 6) is -0.139. The number of unbranched alkanes of at least 4 members (excludes halogenated alkanes) is 1. The van der Waals surface area contributed by atoms with Crippen molar-refractivity contribution in [2.75, 3.05) is 11.9 Å². The van der Waals surface area contributed by atoms with Gasteiger partial charge in [-0.2, -0.15) is 13.2 Å². The molecule has 0 spiro atoms. The summed E-state index contributed by atoms with van der Waals surface area (Å²) in [6.07, 6.45) is -4.19. The number of anilines is 1. The molecule has 6 heteroatoms. The first-order valence-corrected chi connectivity index (χ1v) is 6.95. The number of amides is 1. The third-order valence-corrected chi connectivity index (χ3v) is 3.04. The lowest BCUT2D eigenvalue weighted by Gasteiger charge is -2.15. The second kappa shape index (κ2) is 8.02. The van der Waals surface area contributed by atoms with Crippen LogP contribution in [0.15, 0.2) is 24.3 Å². The van der Waals surface area contributed by atoms with Crippen LogP contribution in [-0.4, -0.2) is 18.6 Å². The number of halogens is 3. The first-order chi connectivity index (χ1) is 9.78. The number of hydrogen-bond acceptors (Lipinski definition) is 2. The summed E-state index contributed by atoms with van der Waals surface area (Å²) < 4.78 is 36.0. The van der Waals surface area contributed by atoms with Gasteiger partial charge in [0.25, 0.3) is 0 Å². The summed E-state index contributed by atoms with van der Waals surface area (Å²) >= 11 is 0. The van der Waals surface area contributed by atoms with Gasteiger partial charge in [-0.1, -0.05) is 12.1 Å². The smallest absolute Gasteiger partial charge is 0.326 e. The highest BCUT2D eigenvalue weighted by Crippen LogP contribution is 2.22. The SMILES string of the molecule is CC(=O)Nc1cccc(C(C)NCCCCC(F)(F)F)c1. The van der Waals surface area contributed by atoms with Gasteiger partial charge >= 0.3 is 6.18 Å². The molecule has 0 radical (unpaired) electrons. The summed E-state index contributed by atoms with van der Waals surface area (Å²) in [7, 11) is 0. The Morgan fingerprint density at radius 1 is 1.29 bits per heavy atom. The first-order valence-electron chi connectivity index (χ1n) is 6.95. The van der Waals surface area contributed by atoms with Crippen LogP contribution in [0, 0.1) is 0 Å². The van der Waals surface area contributed by atoms with Crippen LogP contribution in [0.4, 0.5) is 18.9 Å². The maximum Gasteiger partial charge on any atom is 0.389 e. The Morgan fingerprint density at radius 2 is 2.00 bits per heavy atom. The molecule has 1 unspecified atom stereocenters. The van der Waals surface area contributed by atoms with Crippen LogP contribution in [0.25, 0.3) is 0 Å². The van der Waals surface area contributed by atoms with Crippen LogP contribution in [0.1, 0.15) is 44.7 Å². The zero-order valence-electron chi connectivity index (χ0n) is 12.3. The van der Waals surface area contributed by atoms with E-state index in [0.717, 1.165) is 5.56 Å². The maximum absolute atomic E-state index is 12.0. The Balaban J connectivity index is 2.38. The fourth-order valence-electron chi connectivity index (χ4n) is 1.98. The lowest BCUT2D eigenvalue weighted by Crippen LogP contribution is -2.20. The molecule has 1 aromatic carbocycles. The molecule has 0 aliphatic heterocycles. The lowest BCUT2D eigenvalue weighted by atomic mass is 10.1. The zero-order chi connectivity index (χ0) is 15.9. The van der Waals surface area contributed by atoms with Gasteiger partial charge in [0.2, 0.25) is 5.91 Å². The number of hydrogen-bond donors (Lipinski definition) is 2. The Labute approximate surface area is 122 Å². The van der Waals surface area contributed by atoms with Gasteiger partial charge in [0.1, 0.15) is 0 Å². The monoisotopic (exact) mass is 302 g/mol. The summed E-state index contributed by atoms with van der Waals surface area (Å²) in [5.41, 5.74) is 1.70. The highest BCUT2D eigenvalue weighted by Gasteiger charge is 2.25. The van der Waals surface area contributed by atoms with Crippen molar-refractivity contribution in [3.8, 4) is 0 Å². The van der Waals surface area contributed by atoms with Gasteiger partial charge in [0.15, 0.2) is 0 Å². The number of benzene rings is 1. The van der Waals surface area contributed by atoms with E-state index in [9.17, 15) is 18.0 Å². The second-order valence-electron chi connectivity index (χ2n) is 5.05. The van der Waals surface area contributed by atoms with Crippen molar-refractivity contribution in [3.63, 3.8) is 0 Å². The predicted molar refractivity (Wildman–Crippen MR) is 77.1 cm³/mol. The third-order valence-electron chi connectivity index (χ3n) is 3.04. The van der Waals surface area contributed by atoms with Gasteiger partial charge in [0, 0.05) is 25.1 Å². The molecule has 1 aromatic rings. The highest BCUT2D eigenvalue weighted by molar-refractivity contribution is 5.88. The van der Waals surface area contributed by atoms with Crippen LogP contribution < -0.4 is 10.6 Å². The molecule has 0 aromatic heterocycles. The fourth-order valence-corrected chi connectivity index (χ4v) is 1.98. The molecule has 118 valence electrons. The van der Waals surface area contributed by atoms with Crippen molar-refractivity contribution in [2.24, 2.45) is 0 Å². The number of carbonyl (C=O) groups excluding carboxylic acids is 1. The molecule has 0 aliphatic rings. The third kappa shape index (κ3) is 7.70. The van der Waals surface area contributed by atoms with E-state index in [2.05, 4.69) is 10.6 Å². The minimum absolute atomic E-state index is 0.0181. The first kappa shape index (κ1) is 17.5. The number of carbonyl (C=O) groups is 1. The average Bonchev–Trinajstić information content (AvgIpc) is 2.36. The number of rotatable bonds is 7. The molecule has 0 bridgehead atoms. The molecule has 0 fully saturated rings. The van der Waals surface area contributed by atoms with E-state index in [-0.39, 0.29) is 18.4 Å². The molecule has 1 atom stereocenters. The topological polar surface area (TPSA) is 41.1 Å². The van der Waals surface area contributed by atoms with Crippen molar-refractivity contribution in [1.29, 1.82) is 0 Å².